The maximum absolute atomic E-state index is 10.9. The Morgan fingerprint density at radius 3 is 2.17 bits per heavy atom. The van der Waals surface area contributed by atoms with Crippen LogP contribution in [0.3, 0.4) is 0 Å². The summed E-state index contributed by atoms with van der Waals surface area (Å²) >= 11 is 0. The first-order valence-electron chi connectivity index (χ1n) is 3.23. The average Bonchev–Trinajstić information content (AvgIpc) is 1.96. The summed E-state index contributed by atoms with van der Waals surface area (Å²) in [5.41, 5.74) is 0. The highest BCUT2D eigenvalue weighted by molar-refractivity contribution is 6.23. The zero-order chi connectivity index (χ0) is 9.14. The van der Waals surface area contributed by atoms with Crippen LogP contribution in [-0.2, 0) is 9.59 Å². The molecule has 1 fully saturated rings. The molecule has 6 nitrogen and oxygen atoms in total. The Kier molecular flexibility index (Phi) is 2.18. The molecule has 1 saturated heterocycles. The highest BCUT2D eigenvalue weighted by Crippen LogP contribution is 1.97. The Balaban J connectivity index is 2.80. The molecule has 0 aromatic heterocycles. The van der Waals surface area contributed by atoms with Crippen LogP contribution in [0.5, 0.6) is 0 Å². The molecule has 0 radical (unpaired) electrons. The van der Waals surface area contributed by atoms with Gasteiger partial charge in [0.15, 0.2) is 5.92 Å². The van der Waals surface area contributed by atoms with Crippen LogP contribution in [-0.4, -0.2) is 31.1 Å². The number of imide groups is 2. The van der Waals surface area contributed by atoms with Gasteiger partial charge in [-0.3, -0.25) is 25.2 Å². The van der Waals surface area contributed by atoms with E-state index in [0.717, 1.165) is 0 Å². The SMILES string of the molecule is C/N=C/C1C(=O)NC(=O)NC1=O. The minimum Gasteiger partial charge on any atom is -0.299 e. The fourth-order valence-corrected chi connectivity index (χ4v) is 0.814. The molecule has 0 aromatic carbocycles. The lowest BCUT2D eigenvalue weighted by Gasteiger charge is -2.16. The van der Waals surface area contributed by atoms with Gasteiger partial charge in [-0.15, -0.1) is 0 Å². The molecule has 64 valence electrons. The van der Waals surface area contributed by atoms with Gasteiger partial charge in [-0.25, -0.2) is 4.79 Å². The average molecular weight is 169 g/mol. The monoisotopic (exact) mass is 169 g/mol. The minimum atomic E-state index is -0.993. The normalized spacial score (nSPS) is 19.6. The van der Waals surface area contributed by atoms with E-state index in [1.54, 1.807) is 0 Å². The van der Waals surface area contributed by atoms with Gasteiger partial charge >= 0.3 is 6.03 Å². The Morgan fingerprint density at radius 1 is 1.25 bits per heavy atom. The molecule has 0 bridgehead atoms. The summed E-state index contributed by atoms with van der Waals surface area (Å²) < 4.78 is 0. The van der Waals surface area contributed by atoms with Crippen molar-refractivity contribution in [3.8, 4) is 0 Å². The molecule has 0 unspecified atom stereocenters. The van der Waals surface area contributed by atoms with Gasteiger partial charge < -0.3 is 0 Å². The van der Waals surface area contributed by atoms with Crippen LogP contribution in [0, 0.1) is 5.92 Å². The molecule has 1 rings (SSSR count). The standard InChI is InChI=1S/C6H7N3O3/c1-7-2-3-4(10)8-6(12)9-5(3)11/h2-3H,1H3,(H2,8,9,10,11,12)/b7-2+. The van der Waals surface area contributed by atoms with Crippen molar-refractivity contribution in [2.75, 3.05) is 7.05 Å². The van der Waals surface area contributed by atoms with Crippen LogP contribution >= 0.6 is 0 Å². The first-order chi connectivity index (χ1) is 5.65. The molecular formula is C6H7N3O3. The summed E-state index contributed by atoms with van der Waals surface area (Å²) in [5, 5.41) is 3.89. The van der Waals surface area contributed by atoms with Crippen molar-refractivity contribution < 1.29 is 14.4 Å². The van der Waals surface area contributed by atoms with E-state index in [4.69, 9.17) is 0 Å². The summed E-state index contributed by atoms with van der Waals surface area (Å²) in [6.07, 6.45) is 1.18. The molecule has 0 aliphatic carbocycles. The van der Waals surface area contributed by atoms with Crippen LogP contribution < -0.4 is 10.6 Å². The zero-order valence-corrected chi connectivity index (χ0v) is 6.33. The number of aliphatic imine (C=N–C) groups is 1. The Morgan fingerprint density at radius 2 is 1.75 bits per heavy atom. The van der Waals surface area contributed by atoms with E-state index >= 15 is 0 Å². The van der Waals surface area contributed by atoms with E-state index < -0.39 is 23.8 Å². The number of barbiturate groups is 1. The van der Waals surface area contributed by atoms with Crippen LogP contribution in [0.15, 0.2) is 4.99 Å². The van der Waals surface area contributed by atoms with Gasteiger partial charge in [0.25, 0.3) is 0 Å². The highest BCUT2D eigenvalue weighted by Gasteiger charge is 2.32. The number of hydrogen-bond acceptors (Lipinski definition) is 4. The second-order valence-corrected chi connectivity index (χ2v) is 2.19. The Bertz CT molecular complexity index is 251. The zero-order valence-electron chi connectivity index (χ0n) is 6.33. The van der Waals surface area contributed by atoms with Gasteiger partial charge in [0.1, 0.15) is 0 Å². The summed E-state index contributed by atoms with van der Waals surface area (Å²) in [6, 6.07) is -0.786. The molecular weight excluding hydrogens is 162 g/mol. The minimum absolute atomic E-state index is 0.644. The highest BCUT2D eigenvalue weighted by atomic mass is 16.2. The molecule has 4 amide bonds. The lowest BCUT2D eigenvalue weighted by atomic mass is 10.1. The van der Waals surface area contributed by atoms with Crippen LogP contribution in [0.4, 0.5) is 4.79 Å². The number of hydrogen-bond donors (Lipinski definition) is 2. The number of carbonyl (C=O) groups is 3. The summed E-state index contributed by atoms with van der Waals surface area (Å²) in [6.45, 7) is 0. The summed E-state index contributed by atoms with van der Waals surface area (Å²) in [7, 11) is 1.44. The van der Waals surface area contributed by atoms with Gasteiger partial charge in [0.05, 0.1) is 0 Å². The predicted octanol–water partition coefficient (Wildman–Crippen LogP) is -1.33. The van der Waals surface area contributed by atoms with Gasteiger partial charge in [-0.1, -0.05) is 0 Å². The van der Waals surface area contributed by atoms with Gasteiger partial charge in [0, 0.05) is 13.3 Å². The van der Waals surface area contributed by atoms with Crippen LogP contribution in [0.1, 0.15) is 0 Å². The fraction of sp³-hybridized carbons (Fsp3) is 0.333. The molecule has 6 heteroatoms. The number of amides is 4. The van der Waals surface area contributed by atoms with E-state index in [9.17, 15) is 14.4 Å². The topological polar surface area (TPSA) is 87.6 Å². The van der Waals surface area contributed by atoms with Gasteiger partial charge in [-0.05, 0) is 0 Å². The molecule has 0 spiro atoms. The number of rotatable bonds is 1. The molecule has 1 aliphatic rings. The first kappa shape index (κ1) is 8.38. The third-order valence-electron chi connectivity index (χ3n) is 1.34. The molecule has 2 N–H and O–H groups in total. The summed E-state index contributed by atoms with van der Waals surface area (Å²) in [5.74, 6) is -2.28. The van der Waals surface area contributed by atoms with Crippen LogP contribution in [0.2, 0.25) is 0 Å². The Hall–Kier alpha value is -1.72. The third kappa shape index (κ3) is 1.47. The van der Waals surface area contributed by atoms with E-state index in [-0.39, 0.29) is 0 Å². The molecule has 0 saturated carbocycles. The third-order valence-corrected chi connectivity index (χ3v) is 1.34. The largest absolute Gasteiger partial charge is 0.328 e. The molecule has 1 aliphatic heterocycles. The van der Waals surface area contributed by atoms with Crippen molar-refractivity contribution in [3.63, 3.8) is 0 Å². The van der Waals surface area contributed by atoms with Gasteiger partial charge in [0.2, 0.25) is 11.8 Å². The smallest absolute Gasteiger partial charge is 0.299 e. The number of nitrogens with zero attached hydrogens (tertiary/aromatic N) is 1. The second kappa shape index (κ2) is 3.12. The quantitative estimate of drug-likeness (QED) is 0.376. The molecule has 1 heterocycles. The second-order valence-electron chi connectivity index (χ2n) is 2.19. The molecule has 12 heavy (non-hydrogen) atoms. The molecule has 0 aromatic rings. The maximum Gasteiger partial charge on any atom is 0.328 e. The first-order valence-corrected chi connectivity index (χ1v) is 3.23. The predicted molar refractivity (Wildman–Crippen MR) is 39.6 cm³/mol. The van der Waals surface area contributed by atoms with E-state index in [1.165, 1.54) is 13.3 Å². The lowest BCUT2D eigenvalue weighted by molar-refractivity contribution is -0.132. The van der Waals surface area contributed by atoms with Crippen molar-refractivity contribution >= 4 is 24.1 Å². The molecule has 0 atom stereocenters. The number of urea groups is 1. The Labute approximate surface area is 68.0 Å². The van der Waals surface area contributed by atoms with Crippen molar-refractivity contribution in [3.05, 3.63) is 0 Å². The van der Waals surface area contributed by atoms with Crippen molar-refractivity contribution in [1.82, 2.24) is 10.6 Å². The number of nitrogens with one attached hydrogen (secondary N) is 2. The van der Waals surface area contributed by atoms with Gasteiger partial charge in [-0.2, -0.15) is 0 Å². The van der Waals surface area contributed by atoms with Crippen molar-refractivity contribution in [2.24, 2.45) is 10.9 Å². The summed E-state index contributed by atoms with van der Waals surface area (Å²) in [4.78, 5) is 35.9. The van der Waals surface area contributed by atoms with E-state index in [0.29, 0.717) is 0 Å². The number of carbonyl (C=O) groups excluding carboxylic acids is 3. The van der Waals surface area contributed by atoms with E-state index in [2.05, 4.69) is 4.99 Å². The van der Waals surface area contributed by atoms with Crippen LogP contribution in [0.25, 0.3) is 0 Å². The van der Waals surface area contributed by atoms with Crippen molar-refractivity contribution in [2.45, 2.75) is 0 Å². The van der Waals surface area contributed by atoms with E-state index in [1.807, 2.05) is 10.6 Å². The maximum atomic E-state index is 10.9. The lowest BCUT2D eigenvalue weighted by Crippen LogP contribution is -2.56. The fourth-order valence-electron chi connectivity index (χ4n) is 0.814. The van der Waals surface area contributed by atoms with Crippen molar-refractivity contribution in [1.29, 1.82) is 0 Å².